The van der Waals surface area contributed by atoms with E-state index >= 15 is 0 Å². The minimum absolute atomic E-state index is 0.0302. The zero-order valence-electron chi connectivity index (χ0n) is 13.8. The number of benzene rings is 1. The zero-order chi connectivity index (χ0) is 16.3. The monoisotopic (exact) mass is 337 g/mol. The quantitative estimate of drug-likeness (QED) is 0.401. The molecule has 122 valence electrons. The maximum absolute atomic E-state index is 11.7. The van der Waals surface area contributed by atoms with Gasteiger partial charge in [0.05, 0.1) is 0 Å². The minimum Gasteiger partial charge on any atom is -0.420 e. The van der Waals surface area contributed by atoms with Gasteiger partial charge in [-0.25, -0.2) is 0 Å². The zero-order valence-corrected chi connectivity index (χ0v) is 15.6. The lowest BCUT2D eigenvalue weighted by molar-refractivity contribution is -0.116. The normalized spacial score (nSPS) is 11.8. The van der Waals surface area contributed by atoms with E-state index < -0.39 is 8.32 Å². The van der Waals surface area contributed by atoms with Crippen molar-refractivity contribution in [3.63, 3.8) is 0 Å². The lowest BCUT2D eigenvalue weighted by atomic mass is 10.2. The number of nitrogens with one attached hydrogen (secondary N) is 1. The summed E-state index contributed by atoms with van der Waals surface area (Å²) in [5.74, 6) is 2.06. The largest absolute Gasteiger partial charge is 0.420 e. The van der Waals surface area contributed by atoms with Gasteiger partial charge in [-0.3, -0.25) is 4.79 Å². The average Bonchev–Trinajstić information content (AvgIpc) is 2.53. The van der Waals surface area contributed by atoms with Gasteiger partial charge in [0.25, 0.3) is 0 Å². The Morgan fingerprint density at radius 2 is 2.00 bits per heavy atom. The van der Waals surface area contributed by atoms with Crippen LogP contribution in [0.25, 0.3) is 6.08 Å². The molecule has 0 spiro atoms. The van der Waals surface area contributed by atoms with Gasteiger partial charge in [-0.1, -0.05) is 30.3 Å². The van der Waals surface area contributed by atoms with Crippen molar-refractivity contribution in [3.05, 3.63) is 42.0 Å². The van der Waals surface area contributed by atoms with Crippen molar-refractivity contribution >= 4 is 32.1 Å². The molecule has 0 atom stereocenters. The third kappa shape index (κ3) is 9.07. The molecule has 0 radical (unpaired) electrons. The summed E-state index contributed by atoms with van der Waals surface area (Å²) in [5, 5.41) is 2.91. The van der Waals surface area contributed by atoms with Crippen molar-refractivity contribution in [2.24, 2.45) is 0 Å². The van der Waals surface area contributed by atoms with Crippen LogP contribution in [-0.2, 0) is 9.22 Å². The molecule has 0 heterocycles. The van der Waals surface area contributed by atoms with E-state index in [4.69, 9.17) is 4.43 Å². The second kappa shape index (κ2) is 10.6. The first-order chi connectivity index (χ1) is 10.5. The average molecular weight is 338 g/mol. The molecule has 0 aliphatic carbocycles. The molecule has 5 heteroatoms. The summed E-state index contributed by atoms with van der Waals surface area (Å²) in [6, 6.07) is 11.0. The van der Waals surface area contributed by atoms with Crippen LogP contribution in [0.4, 0.5) is 0 Å². The van der Waals surface area contributed by atoms with E-state index in [-0.39, 0.29) is 5.91 Å². The maximum atomic E-state index is 11.7. The third-order valence-corrected chi connectivity index (χ3v) is 7.13. The van der Waals surface area contributed by atoms with E-state index in [1.807, 2.05) is 55.3 Å². The summed E-state index contributed by atoms with van der Waals surface area (Å²) in [7, 11) is 0.418. The molecule has 1 aromatic rings. The van der Waals surface area contributed by atoms with Crippen LogP contribution in [0, 0.1) is 0 Å². The molecule has 0 fully saturated rings. The van der Waals surface area contributed by atoms with Crippen LogP contribution in [-0.4, -0.2) is 39.4 Å². The summed E-state index contributed by atoms with van der Waals surface area (Å²) in [6.45, 7) is 5.21. The number of hydrogen-bond donors (Lipinski definition) is 1. The van der Waals surface area contributed by atoms with Crippen molar-refractivity contribution in [2.75, 3.05) is 25.2 Å². The maximum Gasteiger partial charge on any atom is 0.244 e. The number of amides is 1. The predicted molar refractivity (Wildman–Crippen MR) is 99.7 cm³/mol. The molecule has 1 N–H and O–H groups in total. The van der Waals surface area contributed by atoms with Crippen molar-refractivity contribution in [1.82, 2.24) is 5.32 Å². The molecule has 0 saturated carbocycles. The summed E-state index contributed by atoms with van der Waals surface area (Å²) < 4.78 is 5.53. The van der Waals surface area contributed by atoms with E-state index in [0.29, 0.717) is 6.54 Å². The molecule has 0 bridgehead atoms. The Hall–Kier alpha value is -1.04. The number of carbonyl (C=O) groups excluding carboxylic acids is 1. The SMILES string of the molecule is CO[Si](C)(C)CCCSCCNC(=O)/C=C/c1ccccc1. The van der Waals surface area contributed by atoms with Crippen LogP contribution in [0.5, 0.6) is 0 Å². The fourth-order valence-electron chi connectivity index (χ4n) is 1.85. The van der Waals surface area contributed by atoms with Gasteiger partial charge in [0, 0.05) is 25.5 Å². The van der Waals surface area contributed by atoms with Gasteiger partial charge in [-0.2, -0.15) is 11.8 Å². The topological polar surface area (TPSA) is 38.3 Å². The van der Waals surface area contributed by atoms with E-state index in [1.54, 1.807) is 6.08 Å². The molecule has 0 aromatic heterocycles. The fraction of sp³-hybridized carbons (Fsp3) is 0.471. The van der Waals surface area contributed by atoms with Crippen molar-refractivity contribution in [1.29, 1.82) is 0 Å². The van der Waals surface area contributed by atoms with Gasteiger partial charge in [-0.05, 0) is 43.0 Å². The molecule has 0 saturated heterocycles. The van der Waals surface area contributed by atoms with Gasteiger partial charge >= 0.3 is 0 Å². The van der Waals surface area contributed by atoms with Crippen molar-refractivity contribution in [2.45, 2.75) is 25.6 Å². The molecule has 0 unspecified atom stereocenters. The highest BCUT2D eigenvalue weighted by molar-refractivity contribution is 7.99. The number of hydrogen-bond acceptors (Lipinski definition) is 3. The van der Waals surface area contributed by atoms with Crippen molar-refractivity contribution < 1.29 is 9.22 Å². The van der Waals surface area contributed by atoms with Gasteiger partial charge in [0.15, 0.2) is 8.32 Å². The molecule has 0 aliphatic heterocycles. The third-order valence-electron chi connectivity index (χ3n) is 3.39. The van der Waals surface area contributed by atoms with Crippen molar-refractivity contribution in [3.8, 4) is 0 Å². The Morgan fingerprint density at radius 3 is 2.68 bits per heavy atom. The van der Waals surface area contributed by atoms with E-state index in [2.05, 4.69) is 18.4 Å². The number of rotatable bonds is 10. The minimum atomic E-state index is -1.40. The van der Waals surface area contributed by atoms with Gasteiger partial charge < -0.3 is 9.74 Å². The van der Waals surface area contributed by atoms with E-state index in [1.165, 1.54) is 12.5 Å². The van der Waals surface area contributed by atoms with Crippen LogP contribution in [0.2, 0.25) is 19.1 Å². The Balaban J connectivity index is 2.05. The Bertz CT molecular complexity index is 463. The Labute approximate surface area is 139 Å². The van der Waals surface area contributed by atoms with Crippen LogP contribution < -0.4 is 5.32 Å². The highest BCUT2D eigenvalue weighted by Crippen LogP contribution is 2.14. The van der Waals surface area contributed by atoms with Crippen LogP contribution in [0.3, 0.4) is 0 Å². The first-order valence-corrected chi connectivity index (χ1v) is 11.9. The summed E-state index contributed by atoms with van der Waals surface area (Å²) >= 11 is 1.89. The molecular formula is C17H27NO2SSi. The molecule has 1 amide bonds. The molecular weight excluding hydrogens is 310 g/mol. The molecule has 1 aromatic carbocycles. The number of carbonyl (C=O) groups is 1. The predicted octanol–water partition coefficient (Wildman–Crippen LogP) is 3.79. The van der Waals surface area contributed by atoms with E-state index in [0.717, 1.165) is 17.1 Å². The van der Waals surface area contributed by atoms with Gasteiger partial charge in [-0.15, -0.1) is 0 Å². The standard InChI is InChI=1S/C17H27NO2SSi/c1-20-22(2,3)15-7-13-21-14-12-18-17(19)11-10-16-8-5-4-6-9-16/h4-6,8-11H,7,12-15H2,1-3H3,(H,18,19)/b11-10+. The molecule has 1 rings (SSSR count). The smallest absolute Gasteiger partial charge is 0.244 e. The summed E-state index contributed by atoms with van der Waals surface area (Å²) in [4.78, 5) is 11.7. The Kier molecular flexibility index (Phi) is 9.20. The second-order valence-corrected chi connectivity index (χ2v) is 11.4. The first-order valence-electron chi connectivity index (χ1n) is 7.67. The highest BCUT2D eigenvalue weighted by atomic mass is 32.2. The molecule has 22 heavy (non-hydrogen) atoms. The van der Waals surface area contributed by atoms with Gasteiger partial charge in [0.2, 0.25) is 5.91 Å². The highest BCUT2D eigenvalue weighted by Gasteiger charge is 2.19. The Morgan fingerprint density at radius 1 is 1.27 bits per heavy atom. The summed E-state index contributed by atoms with van der Waals surface area (Å²) in [6.07, 6.45) is 4.62. The first kappa shape index (κ1) is 19.0. The van der Waals surface area contributed by atoms with Crippen LogP contribution in [0.15, 0.2) is 36.4 Å². The lowest BCUT2D eigenvalue weighted by Gasteiger charge is -2.19. The molecule has 0 aliphatic rings. The second-order valence-electron chi connectivity index (χ2n) is 5.71. The lowest BCUT2D eigenvalue weighted by Crippen LogP contribution is -2.28. The van der Waals surface area contributed by atoms with Crippen LogP contribution >= 0.6 is 11.8 Å². The molecule has 3 nitrogen and oxygen atoms in total. The number of thioether (sulfide) groups is 1. The van der Waals surface area contributed by atoms with Crippen LogP contribution in [0.1, 0.15) is 12.0 Å². The van der Waals surface area contributed by atoms with E-state index in [9.17, 15) is 4.79 Å². The fourth-order valence-corrected chi connectivity index (χ4v) is 4.13. The summed E-state index contributed by atoms with van der Waals surface area (Å²) in [5.41, 5.74) is 1.04. The van der Waals surface area contributed by atoms with Gasteiger partial charge in [0.1, 0.15) is 0 Å².